The Morgan fingerprint density at radius 2 is 2.18 bits per heavy atom. The van der Waals surface area contributed by atoms with Gasteiger partial charge in [0.2, 0.25) is 5.88 Å². The zero-order chi connectivity index (χ0) is 12.3. The Labute approximate surface area is 97.7 Å². The Kier molecular flexibility index (Phi) is 3.00. The van der Waals surface area contributed by atoms with Gasteiger partial charge in [-0.15, -0.1) is 0 Å². The second-order valence-electron chi connectivity index (χ2n) is 3.45. The quantitative estimate of drug-likeness (QED) is 0.875. The molecular formula is C12H10N2O3. The van der Waals surface area contributed by atoms with Gasteiger partial charge < -0.3 is 9.84 Å². The highest BCUT2D eigenvalue weighted by Gasteiger charge is 2.11. The zero-order valence-corrected chi connectivity index (χ0v) is 9.12. The molecule has 0 atom stereocenters. The predicted molar refractivity (Wildman–Crippen MR) is 60.2 cm³/mol. The van der Waals surface area contributed by atoms with E-state index < -0.39 is 5.97 Å². The van der Waals surface area contributed by atoms with Gasteiger partial charge in [0.1, 0.15) is 5.56 Å². The van der Waals surface area contributed by atoms with Crippen LogP contribution in [0.25, 0.3) is 0 Å². The largest absolute Gasteiger partial charge is 0.478 e. The fourth-order valence-corrected chi connectivity index (χ4v) is 1.31. The molecule has 5 nitrogen and oxygen atoms in total. The van der Waals surface area contributed by atoms with Crippen LogP contribution in [0.2, 0.25) is 0 Å². The Balaban J connectivity index is 2.33. The van der Waals surface area contributed by atoms with Gasteiger partial charge >= 0.3 is 5.97 Å². The van der Waals surface area contributed by atoms with Crippen molar-refractivity contribution in [2.24, 2.45) is 0 Å². The summed E-state index contributed by atoms with van der Waals surface area (Å²) >= 11 is 0. The monoisotopic (exact) mass is 230 g/mol. The molecule has 0 saturated heterocycles. The SMILES string of the molecule is Cc1ccnc(Oc2cnccc2C(=O)O)c1. The number of nitrogens with zero attached hydrogens (tertiary/aromatic N) is 2. The molecule has 0 bridgehead atoms. The summed E-state index contributed by atoms with van der Waals surface area (Å²) in [6.07, 6.45) is 4.36. The van der Waals surface area contributed by atoms with E-state index in [4.69, 9.17) is 9.84 Å². The first-order valence-electron chi connectivity index (χ1n) is 4.94. The van der Waals surface area contributed by atoms with Crippen molar-refractivity contribution in [2.75, 3.05) is 0 Å². The van der Waals surface area contributed by atoms with Crippen molar-refractivity contribution in [2.45, 2.75) is 6.92 Å². The second kappa shape index (κ2) is 4.61. The molecule has 2 aromatic rings. The predicted octanol–water partition coefficient (Wildman–Crippen LogP) is 2.28. The maximum Gasteiger partial charge on any atom is 0.339 e. The van der Waals surface area contributed by atoms with Crippen LogP contribution in [-0.2, 0) is 0 Å². The fraction of sp³-hybridized carbons (Fsp3) is 0.0833. The molecule has 86 valence electrons. The highest BCUT2D eigenvalue weighted by Crippen LogP contribution is 2.23. The van der Waals surface area contributed by atoms with Gasteiger partial charge in [0, 0.05) is 18.5 Å². The van der Waals surface area contributed by atoms with Crippen molar-refractivity contribution in [3.8, 4) is 11.6 Å². The van der Waals surface area contributed by atoms with Gasteiger partial charge in [-0.3, -0.25) is 4.98 Å². The molecule has 17 heavy (non-hydrogen) atoms. The molecule has 0 aromatic carbocycles. The number of aromatic carboxylic acids is 1. The van der Waals surface area contributed by atoms with Gasteiger partial charge in [0.05, 0.1) is 6.20 Å². The topological polar surface area (TPSA) is 72.3 Å². The van der Waals surface area contributed by atoms with Crippen LogP contribution in [0.4, 0.5) is 0 Å². The van der Waals surface area contributed by atoms with Crippen molar-refractivity contribution < 1.29 is 14.6 Å². The van der Waals surface area contributed by atoms with Gasteiger partial charge in [-0.25, -0.2) is 9.78 Å². The van der Waals surface area contributed by atoms with E-state index in [0.717, 1.165) is 5.56 Å². The van der Waals surface area contributed by atoms with Crippen LogP contribution in [0, 0.1) is 6.92 Å². The first-order chi connectivity index (χ1) is 8.16. The summed E-state index contributed by atoms with van der Waals surface area (Å²) in [5, 5.41) is 8.97. The van der Waals surface area contributed by atoms with Crippen molar-refractivity contribution in [3.63, 3.8) is 0 Å². The summed E-state index contributed by atoms with van der Waals surface area (Å²) in [5.74, 6) is -0.534. The lowest BCUT2D eigenvalue weighted by Gasteiger charge is -2.07. The number of pyridine rings is 2. The van der Waals surface area contributed by atoms with Gasteiger partial charge in [-0.05, 0) is 24.6 Å². The number of rotatable bonds is 3. The van der Waals surface area contributed by atoms with Crippen LogP contribution in [0.3, 0.4) is 0 Å². The fourth-order valence-electron chi connectivity index (χ4n) is 1.31. The molecule has 0 aliphatic carbocycles. The van der Waals surface area contributed by atoms with Crippen molar-refractivity contribution in [1.82, 2.24) is 9.97 Å². The average Bonchev–Trinajstić information content (AvgIpc) is 2.29. The van der Waals surface area contributed by atoms with Crippen LogP contribution in [0.1, 0.15) is 15.9 Å². The number of carbonyl (C=O) groups is 1. The third-order valence-electron chi connectivity index (χ3n) is 2.12. The number of carboxylic acids is 1. The highest BCUT2D eigenvalue weighted by atomic mass is 16.5. The number of hydrogen-bond acceptors (Lipinski definition) is 4. The second-order valence-corrected chi connectivity index (χ2v) is 3.45. The summed E-state index contributed by atoms with van der Waals surface area (Å²) in [4.78, 5) is 18.8. The molecule has 5 heteroatoms. The van der Waals surface area contributed by atoms with Gasteiger partial charge in [-0.2, -0.15) is 0 Å². The molecule has 0 aliphatic heterocycles. The van der Waals surface area contributed by atoms with Gasteiger partial charge in [0.25, 0.3) is 0 Å². The Morgan fingerprint density at radius 3 is 2.88 bits per heavy atom. The van der Waals surface area contributed by atoms with E-state index in [0.29, 0.717) is 5.88 Å². The van der Waals surface area contributed by atoms with Crippen molar-refractivity contribution in [1.29, 1.82) is 0 Å². The number of carboxylic acid groups (broad SMARTS) is 1. The molecule has 2 aromatic heterocycles. The number of aromatic nitrogens is 2. The first-order valence-corrected chi connectivity index (χ1v) is 4.94. The summed E-state index contributed by atoms with van der Waals surface area (Å²) in [5.41, 5.74) is 1.04. The summed E-state index contributed by atoms with van der Waals surface area (Å²) < 4.78 is 5.40. The standard InChI is InChI=1S/C12H10N2O3/c1-8-2-5-14-11(6-8)17-10-7-13-4-3-9(10)12(15)16/h2-7H,1H3,(H,15,16). The Hall–Kier alpha value is -2.43. The Bertz CT molecular complexity index is 555. The smallest absolute Gasteiger partial charge is 0.339 e. The molecule has 0 saturated carbocycles. The molecular weight excluding hydrogens is 220 g/mol. The molecule has 2 rings (SSSR count). The minimum absolute atomic E-state index is 0.0586. The van der Waals surface area contributed by atoms with E-state index >= 15 is 0 Å². The molecule has 0 unspecified atom stereocenters. The van der Waals surface area contributed by atoms with E-state index in [-0.39, 0.29) is 11.3 Å². The summed E-state index contributed by atoms with van der Waals surface area (Å²) in [7, 11) is 0. The van der Waals surface area contributed by atoms with Crippen LogP contribution in [0.15, 0.2) is 36.8 Å². The molecule has 1 N–H and O–H groups in total. The Morgan fingerprint density at radius 1 is 1.35 bits per heavy atom. The molecule has 2 heterocycles. The maximum absolute atomic E-state index is 11.0. The van der Waals surface area contributed by atoms with Gasteiger partial charge in [-0.1, -0.05) is 0 Å². The minimum Gasteiger partial charge on any atom is -0.478 e. The maximum atomic E-state index is 11.0. The van der Waals surface area contributed by atoms with Crippen LogP contribution in [0.5, 0.6) is 11.6 Å². The van der Waals surface area contributed by atoms with E-state index in [1.54, 1.807) is 12.3 Å². The van der Waals surface area contributed by atoms with Crippen LogP contribution >= 0.6 is 0 Å². The van der Waals surface area contributed by atoms with E-state index in [1.807, 2.05) is 13.0 Å². The summed E-state index contributed by atoms with van der Waals surface area (Å²) in [6, 6.07) is 4.93. The van der Waals surface area contributed by atoms with Crippen molar-refractivity contribution in [3.05, 3.63) is 47.9 Å². The number of aryl methyl sites for hydroxylation is 1. The molecule has 0 spiro atoms. The normalized spacial score (nSPS) is 9.94. The zero-order valence-electron chi connectivity index (χ0n) is 9.12. The third-order valence-corrected chi connectivity index (χ3v) is 2.12. The molecule has 0 fully saturated rings. The highest BCUT2D eigenvalue weighted by molar-refractivity contribution is 5.90. The molecule has 0 amide bonds. The summed E-state index contributed by atoms with van der Waals surface area (Å²) in [6.45, 7) is 1.90. The molecule has 0 radical (unpaired) electrons. The lowest BCUT2D eigenvalue weighted by Crippen LogP contribution is -2.01. The van der Waals surface area contributed by atoms with Crippen LogP contribution in [-0.4, -0.2) is 21.0 Å². The number of hydrogen-bond donors (Lipinski definition) is 1. The average molecular weight is 230 g/mol. The third kappa shape index (κ3) is 2.57. The van der Waals surface area contributed by atoms with E-state index in [1.165, 1.54) is 18.5 Å². The number of ether oxygens (including phenoxy) is 1. The lowest BCUT2D eigenvalue weighted by atomic mass is 10.2. The first kappa shape index (κ1) is 11.1. The van der Waals surface area contributed by atoms with E-state index in [9.17, 15) is 4.79 Å². The van der Waals surface area contributed by atoms with Crippen molar-refractivity contribution >= 4 is 5.97 Å². The van der Waals surface area contributed by atoms with Crippen LogP contribution < -0.4 is 4.74 Å². The van der Waals surface area contributed by atoms with Gasteiger partial charge in [0.15, 0.2) is 5.75 Å². The minimum atomic E-state index is -1.06. The van der Waals surface area contributed by atoms with E-state index in [2.05, 4.69) is 9.97 Å². The lowest BCUT2D eigenvalue weighted by molar-refractivity contribution is 0.0694. The molecule has 0 aliphatic rings.